The molecule has 0 heterocycles. The van der Waals surface area contributed by atoms with Crippen LogP contribution in [0.4, 0.5) is 17.6 Å². The van der Waals surface area contributed by atoms with Crippen molar-refractivity contribution in [2.45, 2.75) is 13.1 Å². The first kappa shape index (κ1) is 13.9. The topological polar surface area (TPSA) is 17.1 Å². The molecule has 0 amide bonds. The van der Waals surface area contributed by atoms with Crippen LogP contribution in [-0.4, -0.2) is 12.0 Å². The molecule has 0 atom stereocenters. The minimum absolute atomic E-state index is 0.108. The molecule has 0 unspecified atom stereocenters. The van der Waals surface area contributed by atoms with E-state index in [0.29, 0.717) is 6.08 Å². The maximum absolute atomic E-state index is 12.6. The Labute approximate surface area is 88.7 Å². The first-order valence-electron chi connectivity index (χ1n) is 3.66. The van der Waals surface area contributed by atoms with Gasteiger partial charge in [0.25, 0.3) is 5.78 Å². The average molecular weight is 243 g/mol. The van der Waals surface area contributed by atoms with E-state index in [0.717, 1.165) is 13.0 Å². The second-order valence-electron chi connectivity index (χ2n) is 2.55. The van der Waals surface area contributed by atoms with Gasteiger partial charge in [-0.05, 0) is 19.1 Å². The summed E-state index contributed by atoms with van der Waals surface area (Å²) in [7, 11) is 0. The van der Waals surface area contributed by atoms with Crippen LogP contribution in [0.3, 0.4) is 0 Å². The van der Waals surface area contributed by atoms with Crippen LogP contribution in [0.25, 0.3) is 0 Å². The average Bonchev–Trinajstić information content (AvgIpc) is 2.01. The van der Waals surface area contributed by atoms with Crippen LogP contribution in [0, 0.1) is 0 Å². The lowest BCUT2D eigenvalue weighted by molar-refractivity contribution is -0.166. The number of carbonyl (C=O) groups excluding carboxylic acids is 1. The molecule has 84 valence electrons. The van der Waals surface area contributed by atoms with Crippen molar-refractivity contribution in [2.75, 3.05) is 0 Å². The van der Waals surface area contributed by atoms with Gasteiger partial charge in [-0.25, -0.2) is 4.39 Å². The van der Waals surface area contributed by atoms with Gasteiger partial charge in [-0.15, -0.1) is 0 Å². The molecule has 1 nitrogen and oxygen atoms in total. The Kier molecular flexibility index (Phi) is 4.74. The van der Waals surface area contributed by atoms with Gasteiger partial charge in [0.2, 0.25) is 0 Å². The fraction of sp³-hybridized carbons (Fsp3) is 0.222. The van der Waals surface area contributed by atoms with E-state index in [1.165, 1.54) is 0 Å². The molecular formula is C9H7ClF4O. The summed E-state index contributed by atoms with van der Waals surface area (Å²) in [6, 6.07) is 0. The van der Waals surface area contributed by atoms with Gasteiger partial charge in [0.15, 0.2) is 0 Å². The van der Waals surface area contributed by atoms with Crippen molar-refractivity contribution in [1.82, 2.24) is 0 Å². The van der Waals surface area contributed by atoms with Crippen LogP contribution >= 0.6 is 11.6 Å². The van der Waals surface area contributed by atoms with Crippen molar-refractivity contribution in [3.8, 4) is 0 Å². The maximum Gasteiger partial charge on any atom is 0.454 e. The van der Waals surface area contributed by atoms with Gasteiger partial charge in [0.1, 0.15) is 5.83 Å². The minimum atomic E-state index is -5.11. The van der Waals surface area contributed by atoms with Crippen molar-refractivity contribution in [3.05, 3.63) is 35.2 Å². The number of alkyl halides is 3. The van der Waals surface area contributed by atoms with Crippen molar-refractivity contribution in [2.24, 2.45) is 0 Å². The molecule has 0 aliphatic rings. The SMILES string of the molecule is C=C(Cl)/C=C\C(C(=O)C(F)(F)F)=C(/C)F. The summed E-state index contributed by atoms with van der Waals surface area (Å²) in [5.74, 6) is -3.48. The number of halogens is 5. The van der Waals surface area contributed by atoms with Gasteiger partial charge in [0.05, 0.1) is 5.57 Å². The lowest BCUT2D eigenvalue weighted by Crippen LogP contribution is -2.24. The summed E-state index contributed by atoms with van der Waals surface area (Å²) < 4.78 is 48.5. The number of hydrogen-bond acceptors (Lipinski definition) is 1. The van der Waals surface area contributed by atoms with E-state index in [1.54, 1.807) is 0 Å². The van der Waals surface area contributed by atoms with E-state index in [2.05, 4.69) is 6.58 Å². The van der Waals surface area contributed by atoms with Crippen LogP contribution < -0.4 is 0 Å². The monoisotopic (exact) mass is 242 g/mol. The molecule has 0 spiro atoms. The molecular weight excluding hydrogens is 236 g/mol. The quantitative estimate of drug-likeness (QED) is 0.419. The summed E-state index contributed by atoms with van der Waals surface area (Å²) in [5, 5.41) is -0.108. The van der Waals surface area contributed by atoms with Crippen LogP contribution in [0.15, 0.2) is 35.2 Å². The Hall–Kier alpha value is -1.10. The second kappa shape index (κ2) is 5.11. The lowest BCUT2D eigenvalue weighted by Gasteiger charge is -2.05. The van der Waals surface area contributed by atoms with E-state index >= 15 is 0 Å². The Bertz CT molecular complexity index is 335. The van der Waals surface area contributed by atoms with Gasteiger partial charge < -0.3 is 0 Å². The normalized spacial score (nSPS) is 14.0. The zero-order valence-electron chi connectivity index (χ0n) is 7.66. The van der Waals surface area contributed by atoms with E-state index < -0.39 is 23.4 Å². The standard InChI is InChI=1S/C9H7ClF4O/c1-5(10)3-4-7(6(2)11)8(15)9(12,13)14/h3-4H,1H2,2H3/b4-3-,7-6-. The van der Waals surface area contributed by atoms with E-state index in [1.807, 2.05) is 0 Å². The molecule has 6 heteroatoms. The zero-order valence-corrected chi connectivity index (χ0v) is 8.42. The molecule has 0 saturated carbocycles. The highest BCUT2D eigenvalue weighted by atomic mass is 35.5. The first-order chi connectivity index (χ1) is 6.66. The highest BCUT2D eigenvalue weighted by Crippen LogP contribution is 2.24. The number of ketones is 1. The second-order valence-corrected chi connectivity index (χ2v) is 3.04. The van der Waals surface area contributed by atoms with Crippen LogP contribution in [0.2, 0.25) is 0 Å². The molecule has 0 rings (SSSR count). The Morgan fingerprint density at radius 1 is 1.33 bits per heavy atom. The van der Waals surface area contributed by atoms with Gasteiger partial charge in [-0.3, -0.25) is 4.79 Å². The Morgan fingerprint density at radius 2 is 1.80 bits per heavy atom. The van der Waals surface area contributed by atoms with Gasteiger partial charge >= 0.3 is 6.18 Å². The maximum atomic E-state index is 12.6. The molecule has 0 aliphatic heterocycles. The summed E-state index contributed by atoms with van der Waals surface area (Å²) in [5.41, 5.74) is -1.08. The summed E-state index contributed by atoms with van der Waals surface area (Å²) in [6.45, 7) is 3.90. The van der Waals surface area contributed by atoms with Gasteiger partial charge in [-0.1, -0.05) is 18.2 Å². The molecule has 0 aromatic heterocycles. The predicted octanol–water partition coefficient (Wildman–Crippen LogP) is 3.67. The smallest absolute Gasteiger partial charge is 0.284 e. The van der Waals surface area contributed by atoms with E-state index in [4.69, 9.17) is 11.6 Å². The molecule has 0 aliphatic carbocycles. The number of allylic oxidation sites excluding steroid dienone is 5. The fourth-order valence-corrected chi connectivity index (χ4v) is 0.736. The predicted molar refractivity (Wildman–Crippen MR) is 49.0 cm³/mol. The highest BCUT2D eigenvalue weighted by Gasteiger charge is 2.40. The van der Waals surface area contributed by atoms with Gasteiger partial charge in [-0.2, -0.15) is 13.2 Å². The highest BCUT2D eigenvalue weighted by molar-refractivity contribution is 6.30. The van der Waals surface area contributed by atoms with Gasteiger partial charge in [0, 0.05) is 5.03 Å². The largest absolute Gasteiger partial charge is 0.454 e. The van der Waals surface area contributed by atoms with Crippen molar-refractivity contribution < 1.29 is 22.4 Å². The molecule has 0 fully saturated rings. The van der Waals surface area contributed by atoms with E-state index in [9.17, 15) is 22.4 Å². The molecule has 0 aromatic carbocycles. The number of rotatable bonds is 3. The van der Waals surface area contributed by atoms with Crippen LogP contribution in [0.1, 0.15) is 6.92 Å². The minimum Gasteiger partial charge on any atom is -0.284 e. The molecule has 0 aromatic rings. The third kappa shape index (κ3) is 4.78. The third-order valence-corrected chi connectivity index (χ3v) is 1.43. The number of hydrogen-bond donors (Lipinski definition) is 0. The summed E-state index contributed by atoms with van der Waals surface area (Å²) in [4.78, 5) is 10.7. The molecule has 0 bridgehead atoms. The summed E-state index contributed by atoms with van der Waals surface area (Å²) in [6.07, 6.45) is -3.56. The molecule has 15 heavy (non-hydrogen) atoms. The number of Topliss-reactive ketones (excluding diaryl/α,β-unsaturated/α-hetero) is 1. The van der Waals surface area contributed by atoms with Crippen molar-refractivity contribution in [3.63, 3.8) is 0 Å². The lowest BCUT2D eigenvalue weighted by atomic mass is 10.1. The third-order valence-electron chi connectivity index (χ3n) is 1.30. The van der Waals surface area contributed by atoms with Crippen LogP contribution in [-0.2, 0) is 4.79 Å². The number of carbonyl (C=O) groups is 1. The van der Waals surface area contributed by atoms with Crippen molar-refractivity contribution >= 4 is 17.4 Å². The Morgan fingerprint density at radius 3 is 2.07 bits per heavy atom. The molecule has 0 radical (unpaired) electrons. The van der Waals surface area contributed by atoms with E-state index in [-0.39, 0.29) is 5.03 Å². The van der Waals surface area contributed by atoms with Crippen LogP contribution in [0.5, 0.6) is 0 Å². The first-order valence-corrected chi connectivity index (χ1v) is 4.04. The fourth-order valence-electron chi connectivity index (χ4n) is 0.673. The molecule has 0 saturated heterocycles. The Balaban J connectivity index is 5.14. The summed E-state index contributed by atoms with van der Waals surface area (Å²) >= 11 is 5.23. The van der Waals surface area contributed by atoms with Crippen molar-refractivity contribution in [1.29, 1.82) is 0 Å². The zero-order chi connectivity index (χ0) is 12.2. The molecule has 0 N–H and O–H groups in total.